The number of hydrogen-bond acceptors (Lipinski definition) is 2. The van der Waals surface area contributed by atoms with Gasteiger partial charge in [-0.3, -0.25) is 0 Å². The van der Waals surface area contributed by atoms with Crippen LogP contribution in [-0.4, -0.2) is 14.7 Å². The van der Waals surface area contributed by atoms with Crippen LogP contribution in [0.3, 0.4) is 0 Å². The van der Waals surface area contributed by atoms with Gasteiger partial charge in [0.1, 0.15) is 16.6 Å². The molecular weight excluding hydrogens is 374 g/mol. The normalized spacial score (nSPS) is 13.7. The minimum Gasteiger partial charge on any atom is -0.378 e. The van der Waals surface area contributed by atoms with Crippen LogP contribution in [0.15, 0.2) is 54.9 Å². The zero-order valence-corrected chi connectivity index (χ0v) is 14.5. The van der Waals surface area contributed by atoms with Gasteiger partial charge in [0.2, 0.25) is 0 Å². The van der Waals surface area contributed by atoms with Gasteiger partial charge in [-0.05, 0) is 35.4 Å². The van der Waals surface area contributed by atoms with Crippen molar-refractivity contribution in [2.45, 2.75) is 12.1 Å². The van der Waals surface area contributed by atoms with E-state index in [1.165, 1.54) is 35.2 Å². The van der Waals surface area contributed by atoms with Gasteiger partial charge in [-0.2, -0.15) is 0 Å². The van der Waals surface area contributed by atoms with Crippen LogP contribution in [0, 0.1) is 5.82 Å². The number of hydrogen-bond donors (Lipinski definition) is 1. The monoisotopic (exact) mass is 384 g/mol. The van der Waals surface area contributed by atoms with E-state index in [0.717, 1.165) is 0 Å². The second kappa shape index (κ2) is 6.73. The van der Waals surface area contributed by atoms with Crippen molar-refractivity contribution in [3.63, 3.8) is 0 Å². The lowest BCUT2D eigenvalue weighted by molar-refractivity contribution is 0.0612. The minimum atomic E-state index is -1.47. The number of benzene rings is 2. The molecular formula is C17H12Cl3FN2O. The third kappa shape index (κ3) is 3.28. The van der Waals surface area contributed by atoms with Crippen molar-refractivity contribution in [1.29, 1.82) is 0 Å². The summed E-state index contributed by atoms with van der Waals surface area (Å²) < 4.78 is 14.8. The Kier molecular flexibility index (Phi) is 4.83. The molecule has 0 amide bonds. The molecule has 0 fully saturated rings. The predicted octanol–water partition coefficient (Wildman–Crippen LogP) is 4.92. The lowest BCUT2D eigenvalue weighted by atomic mass is 9.86. The van der Waals surface area contributed by atoms with Gasteiger partial charge < -0.3 is 9.67 Å². The summed E-state index contributed by atoms with van der Waals surface area (Å²) in [6.07, 6.45) is 1.44. The quantitative estimate of drug-likeness (QED) is 0.692. The smallest absolute Gasteiger partial charge is 0.166 e. The summed E-state index contributed by atoms with van der Waals surface area (Å²) in [5.74, 6) is -0.388. The van der Waals surface area contributed by atoms with Crippen LogP contribution in [0.25, 0.3) is 0 Å². The maximum Gasteiger partial charge on any atom is 0.166 e. The second-order valence-corrected chi connectivity index (χ2v) is 6.48. The fourth-order valence-electron chi connectivity index (χ4n) is 2.50. The molecule has 0 bridgehead atoms. The van der Waals surface area contributed by atoms with Crippen molar-refractivity contribution in [3.05, 3.63) is 87.1 Å². The van der Waals surface area contributed by atoms with Crippen molar-refractivity contribution < 1.29 is 9.50 Å². The average Bonchev–Trinajstić information content (AvgIpc) is 2.88. The fourth-order valence-corrected chi connectivity index (χ4v) is 2.93. The first kappa shape index (κ1) is 17.2. The molecule has 24 heavy (non-hydrogen) atoms. The van der Waals surface area contributed by atoms with E-state index >= 15 is 0 Å². The highest BCUT2D eigenvalue weighted by Gasteiger charge is 2.33. The Morgan fingerprint density at radius 2 is 1.50 bits per heavy atom. The number of halogens is 4. The molecule has 0 aliphatic carbocycles. The summed E-state index contributed by atoms with van der Waals surface area (Å²) in [7, 11) is 0. The molecule has 1 heterocycles. The van der Waals surface area contributed by atoms with E-state index in [9.17, 15) is 9.50 Å². The molecule has 0 radical (unpaired) electrons. The zero-order valence-electron chi connectivity index (χ0n) is 12.3. The van der Waals surface area contributed by atoms with E-state index in [-0.39, 0.29) is 22.7 Å². The SMILES string of the molecule is OC(Cn1cnc(Cl)c1Cl)(c1ccc(F)cc1)c1ccc(Cl)cc1. The van der Waals surface area contributed by atoms with Gasteiger partial charge >= 0.3 is 0 Å². The van der Waals surface area contributed by atoms with Crippen LogP contribution < -0.4 is 0 Å². The first-order valence-electron chi connectivity index (χ1n) is 7.01. The van der Waals surface area contributed by atoms with Crippen molar-refractivity contribution in [2.75, 3.05) is 0 Å². The van der Waals surface area contributed by atoms with Gasteiger partial charge in [-0.1, -0.05) is 59.1 Å². The van der Waals surface area contributed by atoms with E-state index in [2.05, 4.69) is 4.98 Å². The van der Waals surface area contributed by atoms with Crippen LogP contribution in [0.4, 0.5) is 4.39 Å². The van der Waals surface area contributed by atoms with Crippen LogP contribution in [-0.2, 0) is 12.1 Å². The number of nitrogens with zero attached hydrogens (tertiary/aromatic N) is 2. The van der Waals surface area contributed by atoms with E-state index in [0.29, 0.717) is 16.1 Å². The lowest BCUT2D eigenvalue weighted by Gasteiger charge is -2.30. The van der Waals surface area contributed by atoms with E-state index in [1.54, 1.807) is 24.3 Å². The van der Waals surface area contributed by atoms with Gasteiger partial charge in [0, 0.05) is 5.02 Å². The molecule has 1 aromatic heterocycles. The second-order valence-electron chi connectivity index (χ2n) is 5.33. The first-order valence-corrected chi connectivity index (χ1v) is 8.14. The maximum absolute atomic E-state index is 13.3. The van der Waals surface area contributed by atoms with Crippen LogP contribution >= 0.6 is 34.8 Å². The molecule has 2 aromatic carbocycles. The Balaban J connectivity index is 2.11. The summed E-state index contributed by atoms with van der Waals surface area (Å²) in [6, 6.07) is 12.4. The summed E-state index contributed by atoms with van der Waals surface area (Å²) in [5.41, 5.74) is -0.377. The molecule has 3 rings (SSSR count). The van der Waals surface area contributed by atoms with Crippen molar-refractivity contribution in [1.82, 2.24) is 9.55 Å². The Hall–Kier alpha value is -1.59. The van der Waals surface area contributed by atoms with Crippen molar-refractivity contribution in [3.8, 4) is 0 Å². The van der Waals surface area contributed by atoms with Gasteiger partial charge in [0.15, 0.2) is 5.15 Å². The third-order valence-electron chi connectivity index (χ3n) is 3.78. The van der Waals surface area contributed by atoms with Crippen molar-refractivity contribution >= 4 is 34.8 Å². The topological polar surface area (TPSA) is 38.0 Å². The molecule has 124 valence electrons. The molecule has 0 aliphatic heterocycles. The van der Waals surface area contributed by atoms with Gasteiger partial charge in [-0.25, -0.2) is 9.37 Å². The van der Waals surface area contributed by atoms with Crippen LogP contribution in [0.5, 0.6) is 0 Å². The Morgan fingerprint density at radius 3 is 2.00 bits per heavy atom. The summed E-state index contributed by atoms with van der Waals surface area (Å²) in [5, 5.41) is 12.3. The number of aromatic nitrogens is 2. The van der Waals surface area contributed by atoms with Crippen LogP contribution in [0.2, 0.25) is 15.3 Å². The number of aliphatic hydroxyl groups is 1. The van der Waals surface area contributed by atoms with Gasteiger partial charge in [0.05, 0.1) is 12.9 Å². The first-order chi connectivity index (χ1) is 11.4. The predicted molar refractivity (Wildman–Crippen MR) is 93.1 cm³/mol. The fraction of sp³-hybridized carbons (Fsp3) is 0.118. The molecule has 0 aliphatic rings. The molecule has 0 saturated carbocycles. The standard InChI is InChI=1S/C17H12Cl3FN2O/c18-13-5-1-11(2-6-13)17(24,12-3-7-14(21)8-4-12)9-23-10-22-15(19)16(23)20/h1-8,10,24H,9H2. The molecule has 1 unspecified atom stereocenters. The highest BCUT2D eigenvalue weighted by molar-refractivity contribution is 6.40. The third-order valence-corrected chi connectivity index (χ3v) is 4.80. The van der Waals surface area contributed by atoms with E-state index in [4.69, 9.17) is 34.8 Å². The number of imidazole rings is 1. The molecule has 1 N–H and O–H groups in total. The zero-order chi connectivity index (χ0) is 17.3. The molecule has 3 aromatic rings. The largest absolute Gasteiger partial charge is 0.378 e. The maximum atomic E-state index is 13.3. The molecule has 7 heteroatoms. The lowest BCUT2D eigenvalue weighted by Crippen LogP contribution is -2.32. The summed E-state index contributed by atoms with van der Waals surface area (Å²) >= 11 is 17.9. The molecule has 0 saturated heterocycles. The van der Waals surface area contributed by atoms with E-state index in [1.807, 2.05) is 0 Å². The highest BCUT2D eigenvalue weighted by Crippen LogP contribution is 2.34. The minimum absolute atomic E-state index is 0.0544. The molecule has 1 atom stereocenters. The Bertz CT molecular complexity index is 802. The average molecular weight is 386 g/mol. The number of rotatable bonds is 4. The molecule has 0 spiro atoms. The Morgan fingerprint density at radius 1 is 0.958 bits per heavy atom. The van der Waals surface area contributed by atoms with Gasteiger partial charge in [0.25, 0.3) is 0 Å². The van der Waals surface area contributed by atoms with Crippen LogP contribution in [0.1, 0.15) is 11.1 Å². The van der Waals surface area contributed by atoms with Gasteiger partial charge in [-0.15, -0.1) is 0 Å². The Labute approximate surface area is 153 Å². The summed E-state index contributed by atoms with van der Waals surface area (Å²) in [6.45, 7) is 0.0544. The molecule has 3 nitrogen and oxygen atoms in total. The van der Waals surface area contributed by atoms with E-state index < -0.39 is 5.60 Å². The van der Waals surface area contributed by atoms with Crippen molar-refractivity contribution in [2.24, 2.45) is 0 Å². The summed E-state index contributed by atoms with van der Waals surface area (Å²) in [4.78, 5) is 3.92. The highest BCUT2D eigenvalue weighted by atomic mass is 35.5.